The molecule has 0 aromatic heterocycles. The molecule has 3 aliphatic rings. The van der Waals surface area contributed by atoms with E-state index in [2.05, 4.69) is 17.6 Å². The van der Waals surface area contributed by atoms with E-state index in [1.807, 2.05) is 0 Å². The van der Waals surface area contributed by atoms with Crippen molar-refractivity contribution >= 4 is 11.9 Å². The van der Waals surface area contributed by atoms with Crippen LogP contribution in [0.15, 0.2) is 0 Å². The van der Waals surface area contributed by atoms with Gasteiger partial charge in [0.05, 0.1) is 18.1 Å². The summed E-state index contributed by atoms with van der Waals surface area (Å²) in [5.41, 5.74) is 0. The second kappa shape index (κ2) is 6.50. The van der Waals surface area contributed by atoms with Crippen LogP contribution in [0.25, 0.3) is 0 Å². The molecule has 2 aliphatic heterocycles. The summed E-state index contributed by atoms with van der Waals surface area (Å²) >= 11 is 0. The number of hydrogen-bond donors (Lipinski definition) is 2. The van der Waals surface area contributed by atoms with Crippen molar-refractivity contribution in [1.82, 2.24) is 10.6 Å². The second-order valence-electron chi connectivity index (χ2n) is 6.37. The zero-order valence-corrected chi connectivity index (χ0v) is 12.7. The van der Waals surface area contributed by atoms with Crippen molar-refractivity contribution in [2.45, 2.75) is 63.6 Å². The van der Waals surface area contributed by atoms with Crippen molar-refractivity contribution in [3.63, 3.8) is 0 Å². The van der Waals surface area contributed by atoms with Gasteiger partial charge in [-0.15, -0.1) is 0 Å². The van der Waals surface area contributed by atoms with E-state index in [0.717, 1.165) is 19.3 Å². The first-order valence-corrected chi connectivity index (χ1v) is 8.12. The third-order valence-electron chi connectivity index (χ3n) is 4.86. The number of fused-ring (bicyclic) bond motifs is 2. The Balaban J connectivity index is 1.64. The second-order valence-corrected chi connectivity index (χ2v) is 6.37. The molecule has 3 fully saturated rings. The molecule has 2 N–H and O–H groups in total. The molecule has 3 rings (SSSR count). The molecule has 7 heteroatoms. The van der Waals surface area contributed by atoms with E-state index in [-0.39, 0.29) is 11.8 Å². The highest BCUT2D eigenvalue weighted by Gasteiger charge is 2.51. The number of halogens is 1. The van der Waals surface area contributed by atoms with Crippen LogP contribution in [-0.4, -0.2) is 43.2 Å². The van der Waals surface area contributed by atoms with Crippen LogP contribution in [-0.2, 0) is 14.3 Å². The number of hydrogen-bond acceptors (Lipinski definition) is 4. The van der Waals surface area contributed by atoms with Crippen LogP contribution >= 0.6 is 0 Å². The summed E-state index contributed by atoms with van der Waals surface area (Å²) in [5.74, 6) is -0.754. The highest BCUT2D eigenvalue weighted by Crippen LogP contribution is 2.41. The normalized spacial score (nSPS) is 41.2. The number of urea groups is 1. The number of nitrogens with one attached hydrogen (secondary N) is 2. The van der Waals surface area contributed by atoms with Gasteiger partial charge in [-0.1, -0.05) is 13.3 Å². The summed E-state index contributed by atoms with van der Waals surface area (Å²) < 4.78 is 26.1. The van der Waals surface area contributed by atoms with Gasteiger partial charge in [0.15, 0.2) is 6.17 Å². The Hall–Kier alpha value is -1.21. The first-order valence-electron chi connectivity index (χ1n) is 8.12. The zero-order chi connectivity index (χ0) is 15.7. The highest BCUT2D eigenvalue weighted by molar-refractivity contribution is 5.98. The number of rotatable bonds is 4. The predicted molar refractivity (Wildman–Crippen MR) is 75.7 cm³/mol. The number of imide groups is 1. The van der Waals surface area contributed by atoms with Gasteiger partial charge in [0.1, 0.15) is 6.23 Å². The molecule has 6 unspecified atom stereocenters. The molecule has 1 aliphatic carbocycles. The fourth-order valence-corrected chi connectivity index (χ4v) is 3.63. The van der Waals surface area contributed by atoms with Gasteiger partial charge in [0.2, 0.25) is 5.91 Å². The van der Waals surface area contributed by atoms with Crippen LogP contribution in [0.5, 0.6) is 0 Å². The van der Waals surface area contributed by atoms with E-state index >= 15 is 0 Å². The summed E-state index contributed by atoms with van der Waals surface area (Å²) in [4.78, 5) is 23.2. The van der Waals surface area contributed by atoms with Crippen molar-refractivity contribution in [3.05, 3.63) is 0 Å². The number of amides is 3. The molecular weight excluding hydrogens is 291 g/mol. The summed E-state index contributed by atoms with van der Waals surface area (Å²) in [7, 11) is 0. The van der Waals surface area contributed by atoms with Crippen molar-refractivity contribution < 1.29 is 23.5 Å². The van der Waals surface area contributed by atoms with Crippen molar-refractivity contribution in [2.24, 2.45) is 11.8 Å². The van der Waals surface area contributed by atoms with Gasteiger partial charge >= 0.3 is 6.03 Å². The monoisotopic (exact) mass is 314 g/mol. The lowest BCUT2D eigenvalue weighted by Crippen LogP contribution is -2.65. The highest BCUT2D eigenvalue weighted by atomic mass is 19.1. The SMILES string of the molecule is CCCCOC1CCC2CC3C(=O)NC(=O)NC3OC2C1F. The van der Waals surface area contributed by atoms with Gasteiger partial charge in [0, 0.05) is 6.61 Å². The maximum atomic E-state index is 14.7. The van der Waals surface area contributed by atoms with Crippen LogP contribution in [0.2, 0.25) is 0 Å². The Bertz CT molecular complexity index is 447. The molecule has 0 aromatic carbocycles. The van der Waals surface area contributed by atoms with Crippen LogP contribution in [0, 0.1) is 11.8 Å². The lowest BCUT2D eigenvalue weighted by molar-refractivity contribution is -0.196. The third-order valence-corrected chi connectivity index (χ3v) is 4.86. The molecule has 3 amide bonds. The molecule has 6 nitrogen and oxygen atoms in total. The van der Waals surface area contributed by atoms with Gasteiger partial charge < -0.3 is 14.8 Å². The summed E-state index contributed by atoms with van der Waals surface area (Å²) in [6, 6.07) is -0.577. The number of unbranched alkanes of at least 4 members (excludes halogenated alkanes) is 1. The summed E-state index contributed by atoms with van der Waals surface area (Å²) in [5, 5.41) is 4.81. The summed E-state index contributed by atoms with van der Waals surface area (Å²) in [6.45, 7) is 2.62. The van der Waals surface area contributed by atoms with E-state index in [4.69, 9.17) is 9.47 Å². The smallest absolute Gasteiger partial charge is 0.323 e. The van der Waals surface area contributed by atoms with E-state index < -0.39 is 36.6 Å². The Morgan fingerprint density at radius 3 is 2.95 bits per heavy atom. The van der Waals surface area contributed by atoms with E-state index in [1.165, 1.54) is 0 Å². The molecule has 0 spiro atoms. The Morgan fingerprint density at radius 2 is 2.18 bits per heavy atom. The Labute approximate surface area is 129 Å². The number of alkyl halides is 1. The maximum absolute atomic E-state index is 14.7. The van der Waals surface area contributed by atoms with E-state index in [9.17, 15) is 14.0 Å². The average molecular weight is 314 g/mol. The van der Waals surface area contributed by atoms with Crippen LogP contribution in [0.3, 0.4) is 0 Å². The average Bonchev–Trinajstić information content (AvgIpc) is 2.49. The largest absolute Gasteiger partial charge is 0.375 e. The molecule has 0 bridgehead atoms. The number of carbonyl (C=O) groups excluding carboxylic acids is 2. The molecule has 2 saturated heterocycles. The van der Waals surface area contributed by atoms with Gasteiger partial charge in [-0.05, 0) is 31.6 Å². The number of ether oxygens (including phenoxy) is 2. The van der Waals surface area contributed by atoms with Crippen LogP contribution in [0.4, 0.5) is 9.18 Å². The minimum absolute atomic E-state index is 0.00280. The quantitative estimate of drug-likeness (QED) is 0.771. The summed E-state index contributed by atoms with van der Waals surface area (Å²) in [6.07, 6.45) is 0.922. The minimum atomic E-state index is -1.21. The van der Waals surface area contributed by atoms with Gasteiger partial charge in [-0.3, -0.25) is 10.1 Å². The molecule has 1 saturated carbocycles. The Kier molecular flexibility index (Phi) is 4.63. The zero-order valence-electron chi connectivity index (χ0n) is 12.7. The fourth-order valence-electron chi connectivity index (χ4n) is 3.63. The first kappa shape index (κ1) is 15.7. The van der Waals surface area contributed by atoms with Crippen molar-refractivity contribution in [3.8, 4) is 0 Å². The van der Waals surface area contributed by atoms with Crippen LogP contribution in [0.1, 0.15) is 39.0 Å². The first-order chi connectivity index (χ1) is 10.6. The maximum Gasteiger partial charge on any atom is 0.323 e. The molecular formula is C15H23FN2O4. The molecule has 0 aromatic rings. The fraction of sp³-hybridized carbons (Fsp3) is 0.867. The molecule has 22 heavy (non-hydrogen) atoms. The van der Waals surface area contributed by atoms with Crippen molar-refractivity contribution in [1.29, 1.82) is 0 Å². The van der Waals surface area contributed by atoms with Gasteiger partial charge in [0.25, 0.3) is 0 Å². The van der Waals surface area contributed by atoms with Gasteiger partial charge in [-0.25, -0.2) is 9.18 Å². The molecule has 6 atom stereocenters. The standard InChI is InChI=1S/C15H23FN2O4/c1-2-3-6-21-10-5-4-8-7-9-13(19)17-15(20)18-14(9)22-12(8)11(10)16/h8-12,14H,2-7H2,1H3,(H2,17,18,19,20). The Morgan fingerprint density at radius 1 is 1.36 bits per heavy atom. The van der Waals surface area contributed by atoms with E-state index in [1.54, 1.807) is 0 Å². The molecule has 2 heterocycles. The predicted octanol–water partition coefficient (Wildman–Crippen LogP) is 1.49. The number of carbonyl (C=O) groups is 2. The lowest BCUT2D eigenvalue weighted by Gasteiger charge is -2.47. The van der Waals surface area contributed by atoms with E-state index in [0.29, 0.717) is 19.4 Å². The lowest BCUT2D eigenvalue weighted by atomic mass is 9.75. The minimum Gasteiger partial charge on any atom is -0.375 e. The van der Waals surface area contributed by atoms with Gasteiger partial charge in [-0.2, -0.15) is 0 Å². The topological polar surface area (TPSA) is 76.7 Å². The van der Waals surface area contributed by atoms with Crippen LogP contribution < -0.4 is 10.6 Å². The third kappa shape index (κ3) is 2.96. The molecule has 124 valence electrons. The molecule has 0 radical (unpaired) electrons. The van der Waals surface area contributed by atoms with Crippen molar-refractivity contribution in [2.75, 3.05) is 6.61 Å².